The van der Waals surface area contributed by atoms with Crippen LogP contribution < -0.4 is 16.4 Å². The smallest absolute Gasteiger partial charge is 0.267 e. The summed E-state index contributed by atoms with van der Waals surface area (Å²) in [5, 5.41) is 13.0. The van der Waals surface area contributed by atoms with Crippen LogP contribution in [-0.4, -0.2) is 64.4 Å². The molecule has 5 N–H and O–H groups in total. The normalized spacial score (nSPS) is 22.6. The standard InChI is InChI=1S/C20H26F2N6O3/c21-20(22)7-2-1-5-15(20)27-19(31)14-4-3-9-28(14)16(29)11-26-13-10-25-8-6-12(13)17(23)18(24)30/h6,8,10,14-15,23,26H,1-5,7,9,11H2,(H2,24,30)(H,27,31)/t14-,15?/m0/s1. The second-order valence-electron chi connectivity index (χ2n) is 7.83. The minimum absolute atomic E-state index is 0.200. The molecule has 0 radical (unpaired) electrons. The van der Waals surface area contributed by atoms with E-state index in [9.17, 15) is 23.2 Å². The highest BCUT2D eigenvalue weighted by molar-refractivity contribution is 6.44. The number of carbonyl (C=O) groups is 3. The minimum Gasteiger partial charge on any atom is -0.374 e. The lowest BCUT2D eigenvalue weighted by Crippen LogP contribution is -2.55. The van der Waals surface area contributed by atoms with Gasteiger partial charge in [0, 0.05) is 24.7 Å². The molecule has 2 heterocycles. The summed E-state index contributed by atoms with van der Waals surface area (Å²) in [6.45, 7) is 0.130. The Morgan fingerprint density at radius 2 is 2.03 bits per heavy atom. The topological polar surface area (TPSA) is 141 Å². The van der Waals surface area contributed by atoms with Crippen molar-refractivity contribution in [2.24, 2.45) is 5.73 Å². The van der Waals surface area contributed by atoms with E-state index in [1.165, 1.54) is 23.4 Å². The molecule has 1 aliphatic heterocycles. The first kappa shape index (κ1) is 22.6. The maximum Gasteiger partial charge on any atom is 0.267 e. The summed E-state index contributed by atoms with van der Waals surface area (Å²) in [6.07, 6.45) is 4.78. The van der Waals surface area contributed by atoms with Gasteiger partial charge in [-0.1, -0.05) is 6.42 Å². The average molecular weight is 436 g/mol. The van der Waals surface area contributed by atoms with Gasteiger partial charge in [-0.15, -0.1) is 0 Å². The second-order valence-corrected chi connectivity index (χ2v) is 7.83. The Morgan fingerprint density at radius 1 is 1.26 bits per heavy atom. The summed E-state index contributed by atoms with van der Waals surface area (Å²) in [7, 11) is 0. The molecule has 2 fully saturated rings. The lowest BCUT2D eigenvalue weighted by atomic mass is 9.91. The molecular weight excluding hydrogens is 410 g/mol. The van der Waals surface area contributed by atoms with E-state index >= 15 is 0 Å². The zero-order chi connectivity index (χ0) is 22.6. The largest absolute Gasteiger partial charge is 0.374 e. The van der Waals surface area contributed by atoms with Gasteiger partial charge in [-0.3, -0.25) is 24.8 Å². The quantitative estimate of drug-likeness (QED) is 0.473. The first-order valence-corrected chi connectivity index (χ1v) is 10.2. The van der Waals surface area contributed by atoms with Gasteiger partial charge in [0.25, 0.3) is 11.8 Å². The number of amides is 3. The second kappa shape index (κ2) is 9.36. The molecule has 1 unspecified atom stereocenters. The number of primary amides is 1. The molecule has 0 bridgehead atoms. The lowest BCUT2D eigenvalue weighted by Gasteiger charge is -2.33. The van der Waals surface area contributed by atoms with Crippen molar-refractivity contribution in [2.75, 3.05) is 18.4 Å². The molecule has 3 rings (SSSR count). The Kier molecular flexibility index (Phi) is 6.81. The number of nitrogens with zero attached hydrogens (tertiary/aromatic N) is 2. The first-order valence-electron chi connectivity index (χ1n) is 10.2. The Morgan fingerprint density at radius 3 is 2.74 bits per heavy atom. The molecule has 2 aliphatic rings. The predicted molar refractivity (Wildman–Crippen MR) is 109 cm³/mol. The third-order valence-corrected chi connectivity index (χ3v) is 5.72. The predicted octanol–water partition coefficient (Wildman–Crippen LogP) is 1.03. The summed E-state index contributed by atoms with van der Waals surface area (Å²) < 4.78 is 28.2. The number of nitrogens with two attached hydrogens (primary N) is 1. The van der Waals surface area contributed by atoms with E-state index < -0.39 is 41.4 Å². The highest BCUT2D eigenvalue weighted by Crippen LogP contribution is 2.33. The van der Waals surface area contributed by atoms with Gasteiger partial charge >= 0.3 is 0 Å². The molecular formula is C20H26F2N6O3. The summed E-state index contributed by atoms with van der Waals surface area (Å²) in [4.78, 5) is 42.0. The number of pyridine rings is 1. The fraction of sp³-hybridized carbons (Fsp3) is 0.550. The van der Waals surface area contributed by atoms with Gasteiger partial charge in [-0.25, -0.2) is 8.78 Å². The van der Waals surface area contributed by atoms with Crippen LogP contribution in [0, 0.1) is 5.41 Å². The van der Waals surface area contributed by atoms with Crippen LogP contribution in [0.1, 0.15) is 44.1 Å². The van der Waals surface area contributed by atoms with Crippen molar-refractivity contribution in [1.29, 1.82) is 5.41 Å². The number of aromatic nitrogens is 1. The highest BCUT2D eigenvalue weighted by atomic mass is 19.3. The number of hydrogen-bond donors (Lipinski definition) is 4. The summed E-state index contributed by atoms with van der Waals surface area (Å²) in [5.74, 6) is -4.82. The van der Waals surface area contributed by atoms with Gasteiger partial charge in [0.05, 0.1) is 24.5 Å². The Labute approximate surface area is 178 Å². The number of carbonyl (C=O) groups excluding carboxylic acids is 3. The zero-order valence-corrected chi connectivity index (χ0v) is 17.0. The van der Waals surface area contributed by atoms with Gasteiger partial charge in [-0.2, -0.15) is 0 Å². The molecule has 1 saturated carbocycles. The van der Waals surface area contributed by atoms with E-state index in [0.29, 0.717) is 32.2 Å². The van der Waals surface area contributed by atoms with Gasteiger partial charge in [0.1, 0.15) is 11.8 Å². The molecule has 3 amide bonds. The third-order valence-electron chi connectivity index (χ3n) is 5.72. The number of rotatable bonds is 7. The summed E-state index contributed by atoms with van der Waals surface area (Å²) >= 11 is 0. The molecule has 9 nitrogen and oxygen atoms in total. The number of hydrogen-bond acceptors (Lipinski definition) is 6. The number of alkyl halides is 2. The van der Waals surface area contributed by atoms with Crippen LogP contribution in [0.3, 0.4) is 0 Å². The van der Waals surface area contributed by atoms with Crippen molar-refractivity contribution in [3.63, 3.8) is 0 Å². The molecule has 168 valence electrons. The van der Waals surface area contributed by atoms with Crippen molar-refractivity contribution >= 4 is 29.1 Å². The minimum atomic E-state index is -2.94. The lowest BCUT2D eigenvalue weighted by molar-refractivity contribution is -0.140. The molecule has 1 aromatic heterocycles. The van der Waals surface area contributed by atoms with Crippen LogP contribution in [0.4, 0.5) is 14.5 Å². The van der Waals surface area contributed by atoms with E-state index in [2.05, 4.69) is 15.6 Å². The van der Waals surface area contributed by atoms with E-state index in [4.69, 9.17) is 11.1 Å². The molecule has 1 aromatic rings. The Balaban J connectivity index is 1.62. The molecule has 1 saturated heterocycles. The molecule has 31 heavy (non-hydrogen) atoms. The molecule has 0 aromatic carbocycles. The average Bonchev–Trinajstić information content (AvgIpc) is 3.23. The monoisotopic (exact) mass is 436 g/mol. The molecule has 0 spiro atoms. The first-order chi connectivity index (χ1) is 14.7. The Bertz CT molecular complexity index is 878. The number of nitrogens with one attached hydrogen (secondary N) is 3. The van der Waals surface area contributed by atoms with Gasteiger partial charge in [-0.05, 0) is 31.7 Å². The van der Waals surface area contributed by atoms with E-state index in [0.717, 1.165) is 0 Å². The van der Waals surface area contributed by atoms with E-state index in [-0.39, 0.29) is 30.6 Å². The van der Waals surface area contributed by atoms with E-state index in [1.807, 2.05) is 0 Å². The molecule has 2 atom stereocenters. The van der Waals surface area contributed by atoms with Gasteiger partial charge < -0.3 is 21.3 Å². The van der Waals surface area contributed by atoms with Crippen molar-refractivity contribution in [2.45, 2.75) is 56.5 Å². The zero-order valence-electron chi connectivity index (χ0n) is 17.0. The van der Waals surface area contributed by atoms with Crippen LogP contribution >= 0.6 is 0 Å². The van der Waals surface area contributed by atoms with Crippen molar-refractivity contribution in [3.8, 4) is 0 Å². The third kappa shape index (κ3) is 5.15. The highest BCUT2D eigenvalue weighted by Gasteiger charge is 2.44. The van der Waals surface area contributed by atoms with E-state index in [1.54, 1.807) is 0 Å². The van der Waals surface area contributed by atoms with Gasteiger partial charge in [0.2, 0.25) is 11.8 Å². The molecule has 11 heteroatoms. The van der Waals surface area contributed by atoms with Crippen LogP contribution in [0.2, 0.25) is 0 Å². The van der Waals surface area contributed by atoms with Crippen molar-refractivity contribution in [1.82, 2.24) is 15.2 Å². The number of anilines is 1. The van der Waals surface area contributed by atoms with Crippen LogP contribution in [0.5, 0.6) is 0 Å². The van der Waals surface area contributed by atoms with Crippen molar-refractivity contribution in [3.05, 3.63) is 24.0 Å². The maximum absolute atomic E-state index is 14.1. The maximum atomic E-state index is 14.1. The number of likely N-dealkylation sites (tertiary alicyclic amines) is 1. The fourth-order valence-corrected chi connectivity index (χ4v) is 4.04. The fourth-order valence-electron chi connectivity index (χ4n) is 4.04. The van der Waals surface area contributed by atoms with Crippen LogP contribution in [-0.2, 0) is 14.4 Å². The van der Waals surface area contributed by atoms with Crippen LogP contribution in [0.25, 0.3) is 0 Å². The summed E-state index contributed by atoms with van der Waals surface area (Å²) in [6, 6.07) is -0.581. The SMILES string of the molecule is N=C(C(N)=O)c1ccncc1NCC(=O)N1CCC[C@H]1C(=O)NC1CCCCC1(F)F. The summed E-state index contributed by atoms with van der Waals surface area (Å²) in [5.41, 5.74) is 5.21. The number of halogens is 2. The molecule has 1 aliphatic carbocycles. The van der Waals surface area contributed by atoms with Gasteiger partial charge in [0.15, 0.2) is 0 Å². The Hall–Kier alpha value is -3.11. The van der Waals surface area contributed by atoms with Crippen molar-refractivity contribution < 1.29 is 23.2 Å². The van der Waals surface area contributed by atoms with Crippen LogP contribution in [0.15, 0.2) is 18.5 Å².